The van der Waals surface area contributed by atoms with Gasteiger partial charge in [0.1, 0.15) is 17.0 Å². The molecule has 118 valence electrons. The van der Waals surface area contributed by atoms with Gasteiger partial charge in [0.05, 0.1) is 19.1 Å². The zero-order chi connectivity index (χ0) is 16.9. The van der Waals surface area contributed by atoms with E-state index in [0.29, 0.717) is 5.56 Å². The topological polar surface area (TPSA) is 50.1 Å². The Morgan fingerprint density at radius 3 is 2.39 bits per heavy atom. The maximum Gasteiger partial charge on any atom is 0.308 e. The number of hydrogen-bond acceptors (Lipinski definition) is 3. The molecule has 0 N–H and O–H groups in total. The van der Waals surface area contributed by atoms with Gasteiger partial charge in [-0.05, 0) is 30.7 Å². The van der Waals surface area contributed by atoms with Crippen LogP contribution < -0.4 is 0 Å². The lowest BCUT2D eigenvalue weighted by atomic mass is 9.73. The van der Waals surface area contributed by atoms with Crippen LogP contribution in [0.5, 0.6) is 0 Å². The molecule has 1 atom stereocenters. The van der Waals surface area contributed by atoms with Gasteiger partial charge in [0.15, 0.2) is 0 Å². The van der Waals surface area contributed by atoms with E-state index in [1.54, 1.807) is 13.0 Å². The van der Waals surface area contributed by atoms with Crippen molar-refractivity contribution in [3.8, 4) is 6.07 Å². The molecule has 0 radical (unpaired) electrons. The Kier molecular flexibility index (Phi) is 5.07. The van der Waals surface area contributed by atoms with E-state index in [1.807, 2.05) is 6.07 Å². The van der Waals surface area contributed by atoms with Crippen LogP contribution in [0.15, 0.2) is 48.5 Å². The number of carbonyl (C=O) groups is 1. The molecule has 0 aromatic heterocycles. The molecule has 5 heteroatoms. The maximum atomic E-state index is 14.3. The SMILES string of the molecule is CCOC(=O)CC(C#N)(c1ccc(F)cc1)c1ccccc1F. The van der Waals surface area contributed by atoms with Crippen molar-refractivity contribution < 1.29 is 18.3 Å². The summed E-state index contributed by atoms with van der Waals surface area (Å²) in [6.07, 6.45) is -0.357. The molecular weight excluding hydrogens is 300 g/mol. The fraction of sp³-hybridized carbons (Fsp3) is 0.222. The predicted molar refractivity (Wildman–Crippen MR) is 80.4 cm³/mol. The highest BCUT2D eigenvalue weighted by Gasteiger charge is 2.39. The van der Waals surface area contributed by atoms with Crippen molar-refractivity contribution in [2.24, 2.45) is 0 Å². The minimum Gasteiger partial charge on any atom is -0.466 e. The zero-order valence-electron chi connectivity index (χ0n) is 12.6. The van der Waals surface area contributed by atoms with Crippen LogP contribution >= 0.6 is 0 Å². The van der Waals surface area contributed by atoms with E-state index >= 15 is 0 Å². The highest BCUT2D eigenvalue weighted by molar-refractivity contribution is 5.74. The van der Waals surface area contributed by atoms with Crippen LogP contribution in [0.3, 0.4) is 0 Å². The van der Waals surface area contributed by atoms with Crippen molar-refractivity contribution in [2.75, 3.05) is 6.61 Å². The molecule has 0 saturated heterocycles. The second-order valence-electron chi connectivity index (χ2n) is 4.99. The summed E-state index contributed by atoms with van der Waals surface area (Å²) in [7, 11) is 0. The van der Waals surface area contributed by atoms with Crippen molar-refractivity contribution in [1.29, 1.82) is 5.26 Å². The van der Waals surface area contributed by atoms with E-state index in [2.05, 4.69) is 0 Å². The molecule has 0 amide bonds. The molecule has 0 aliphatic carbocycles. The molecule has 1 unspecified atom stereocenters. The zero-order valence-corrected chi connectivity index (χ0v) is 12.6. The molecule has 3 nitrogen and oxygen atoms in total. The van der Waals surface area contributed by atoms with Gasteiger partial charge in [-0.1, -0.05) is 30.3 Å². The average molecular weight is 315 g/mol. The number of nitrogens with zero attached hydrogens (tertiary/aromatic N) is 1. The van der Waals surface area contributed by atoms with Gasteiger partial charge in [0.2, 0.25) is 0 Å². The van der Waals surface area contributed by atoms with Crippen LogP contribution in [-0.4, -0.2) is 12.6 Å². The molecule has 0 aliphatic heterocycles. The van der Waals surface area contributed by atoms with Gasteiger partial charge in [0, 0.05) is 5.56 Å². The molecule has 2 rings (SSSR count). The Balaban J connectivity index is 2.62. The first kappa shape index (κ1) is 16.6. The van der Waals surface area contributed by atoms with E-state index in [-0.39, 0.29) is 18.6 Å². The first-order valence-electron chi connectivity index (χ1n) is 7.11. The Labute approximate surface area is 133 Å². The van der Waals surface area contributed by atoms with Crippen LogP contribution in [0.2, 0.25) is 0 Å². The van der Waals surface area contributed by atoms with E-state index < -0.39 is 23.0 Å². The second kappa shape index (κ2) is 7.01. The summed E-state index contributed by atoms with van der Waals surface area (Å²) in [5.74, 6) is -1.71. The number of ether oxygens (including phenoxy) is 1. The largest absolute Gasteiger partial charge is 0.466 e. The number of benzene rings is 2. The normalized spacial score (nSPS) is 13.0. The van der Waals surface area contributed by atoms with Gasteiger partial charge >= 0.3 is 5.97 Å². The van der Waals surface area contributed by atoms with Crippen LogP contribution in [0.1, 0.15) is 24.5 Å². The van der Waals surface area contributed by atoms with Gasteiger partial charge in [-0.2, -0.15) is 5.26 Å². The number of rotatable bonds is 5. The minimum absolute atomic E-state index is 0.0576. The van der Waals surface area contributed by atoms with Crippen molar-refractivity contribution in [3.05, 3.63) is 71.3 Å². The second-order valence-corrected chi connectivity index (χ2v) is 4.99. The fourth-order valence-corrected chi connectivity index (χ4v) is 2.49. The van der Waals surface area contributed by atoms with Crippen LogP contribution in [0.25, 0.3) is 0 Å². The smallest absolute Gasteiger partial charge is 0.308 e. The highest BCUT2D eigenvalue weighted by atomic mass is 19.1. The summed E-state index contributed by atoms with van der Waals surface area (Å²) in [6.45, 7) is 1.80. The lowest BCUT2D eigenvalue weighted by molar-refractivity contribution is -0.143. The average Bonchev–Trinajstić information content (AvgIpc) is 2.54. The molecule has 23 heavy (non-hydrogen) atoms. The first-order chi connectivity index (χ1) is 11.0. The summed E-state index contributed by atoms with van der Waals surface area (Å²) in [6, 6.07) is 12.9. The van der Waals surface area contributed by atoms with Crippen molar-refractivity contribution in [1.82, 2.24) is 0 Å². The molecule has 0 fully saturated rings. The van der Waals surface area contributed by atoms with E-state index in [4.69, 9.17) is 4.74 Å². The third kappa shape index (κ3) is 3.37. The summed E-state index contributed by atoms with van der Waals surface area (Å²) in [5, 5.41) is 9.78. The monoisotopic (exact) mass is 315 g/mol. The van der Waals surface area contributed by atoms with E-state index in [9.17, 15) is 18.8 Å². The maximum absolute atomic E-state index is 14.3. The Morgan fingerprint density at radius 1 is 1.17 bits per heavy atom. The van der Waals surface area contributed by atoms with Crippen LogP contribution in [0, 0.1) is 23.0 Å². The van der Waals surface area contributed by atoms with Gasteiger partial charge in [-0.15, -0.1) is 0 Å². The van der Waals surface area contributed by atoms with E-state index in [1.165, 1.54) is 42.5 Å². The summed E-state index contributed by atoms with van der Waals surface area (Å²) in [5.41, 5.74) is -1.19. The Hall–Kier alpha value is -2.74. The predicted octanol–water partition coefficient (Wildman–Crippen LogP) is 3.73. The molecular formula is C18H15F2NO2. The Bertz CT molecular complexity index is 737. The van der Waals surface area contributed by atoms with E-state index in [0.717, 1.165) is 0 Å². The van der Waals surface area contributed by atoms with Gasteiger partial charge in [-0.3, -0.25) is 4.79 Å². The molecule has 2 aromatic carbocycles. The number of carbonyl (C=O) groups excluding carboxylic acids is 1. The molecule has 2 aromatic rings. The lowest BCUT2D eigenvalue weighted by Crippen LogP contribution is -2.31. The third-order valence-electron chi connectivity index (χ3n) is 3.58. The summed E-state index contributed by atoms with van der Waals surface area (Å²) < 4.78 is 32.4. The quantitative estimate of drug-likeness (QED) is 0.790. The minimum atomic E-state index is -1.58. The van der Waals surface area contributed by atoms with Crippen LogP contribution in [-0.2, 0) is 14.9 Å². The van der Waals surface area contributed by atoms with Gasteiger partial charge in [0.25, 0.3) is 0 Å². The number of esters is 1. The van der Waals surface area contributed by atoms with Gasteiger partial charge in [-0.25, -0.2) is 8.78 Å². The summed E-state index contributed by atoms with van der Waals surface area (Å²) in [4.78, 5) is 12.0. The van der Waals surface area contributed by atoms with Gasteiger partial charge < -0.3 is 4.74 Å². The Morgan fingerprint density at radius 2 is 1.83 bits per heavy atom. The molecule has 0 spiro atoms. The van der Waals surface area contributed by atoms with Crippen LogP contribution in [0.4, 0.5) is 8.78 Å². The third-order valence-corrected chi connectivity index (χ3v) is 3.58. The first-order valence-corrected chi connectivity index (χ1v) is 7.11. The molecule has 0 saturated carbocycles. The van der Waals surface area contributed by atoms with Crippen molar-refractivity contribution in [3.63, 3.8) is 0 Å². The number of nitriles is 1. The standard InChI is InChI=1S/C18H15F2NO2/c1-2-23-17(22)11-18(12-21,13-7-9-14(19)10-8-13)15-5-3-4-6-16(15)20/h3-10H,2,11H2,1H3. The molecule has 0 heterocycles. The van der Waals surface area contributed by atoms with Crippen molar-refractivity contribution >= 4 is 5.97 Å². The fourth-order valence-electron chi connectivity index (χ4n) is 2.49. The molecule has 0 bridgehead atoms. The summed E-state index contributed by atoms with van der Waals surface area (Å²) >= 11 is 0. The number of hydrogen-bond donors (Lipinski definition) is 0. The highest BCUT2D eigenvalue weighted by Crippen LogP contribution is 2.37. The van der Waals surface area contributed by atoms with Crippen molar-refractivity contribution in [2.45, 2.75) is 18.8 Å². The lowest BCUT2D eigenvalue weighted by Gasteiger charge is -2.27. The number of halogens is 2. The molecule has 0 aliphatic rings.